The normalized spacial score (nSPS) is 11.2. The average molecular weight is 464 g/mol. The zero-order chi connectivity index (χ0) is 23.0. The Morgan fingerprint density at radius 1 is 0.500 bits per heavy atom. The molecular formula is C22H38FNO8. The highest BCUT2D eigenvalue weighted by atomic mass is 19.1. The van der Waals surface area contributed by atoms with E-state index in [1.807, 2.05) is 18.2 Å². The lowest BCUT2D eigenvalue weighted by Gasteiger charge is -2.09. The number of ether oxygens (including phenoxy) is 8. The van der Waals surface area contributed by atoms with Gasteiger partial charge in [0.05, 0.1) is 98.2 Å². The van der Waals surface area contributed by atoms with Crippen molar-refractivity contribution in [2.24, 2.45) is 0 Å². The second-order valence-electron chi connectivity index (χ2n) is 6.36. The second kappa shape index (κ2) is 22.7. The topological polar surface area (TPSA) is 99.9 Å². The molecule has 186 valence electrons. The molecule has 0 saturated carbocycles. The lowest BCUT2D eigenvalue weighted by Crippen LogP contribution is -2.15. The smallest absolute Gasteiger partial charge is 0.142 e. The van der Waals surface area contributed by atoms with Crippen LogP contribution in [0.2, 0.25) is 0 Å². The summed E-state index contributed by atoms with van der Waals surface area (Å²) < 4.78 is 54.6. The van der Waals surface area contributed by atoms with Crippen molar-refractivity contribution in [2.45, 2.75) is 0 Å². The van der Waals surface area contributed by atoms with E-state index in [4.69, 9.17) is 43.6 Å². The van der Waals surface area contributed by atoms with Crippen LogP contribution in [0.1, 0.15) is 0 Å². The predicted octanol–water partition coefficient (Wildman–Crippen LogP) is 1.73. The van der Waals surface area contributed by atoms with Gasteiger partial charge in [-0.15, -0.1) is 0 Å². The molecule has 0 amide bonds. The number of nitrogen functional groups attached to an aromatic ring is 1. The van der Waals surface area contributed by atoms with Gasteiger partial charge in [-0.05, 0) is 12.1 Å². The van der Waals surface area contributed by atoms with Crippen LogP contribution in [-0.2, 0) is 33.2 Å². The van der Waals surface area contributed by atoms with Gasteiger partial charge in [0.1, 0.15) is 19.0 Å². The summed E-state index contributed by atoms with van der Waals surface area (Å²) in [6, 6.07) is 7.36. The van der Waals surface area contributed by atoms with Gasteiger partial charge in [-0.2, -0.15) is 0 Å². The van der Waals surface area contributed by atoms with Gasteiger partial charge in [-0.25, -0.2) is 4.39 Å². The van der Waals surface area contributed by atoms with Crippen molar-refractivity contribution in [3.05, 3.63) is 24.3 Å². The molecule has 32 heavy (non-hydrogen) atoms. The maximum Gasteiger partial charge on any atom is 0.142 e. The van der Waals surface area contributed by atoms with Gasteiger partial charge < -0.3 is 43.6 Å². The maximum absolute atomic E-state index is 11.8. The largest absolute Gasteiger partial charge is 0.489 e. The monoisotopic (exact) mass is 463 g/mol. The van der Waals surface area contributed by atoms with Crippen LogP contribution in [0.25, 0.3) is 0 Å². The van der Waals surface area contributed by atoms with Gasteiger partial charge in [-0.3, -0.25) is 0 Å². The van der Waals surface area contributed by atoms with Crippen molar-refractivity contribution < 1.29 is 42.3 Å². The molecule has 0 heterocycles. The lowest BCUT2D eigenvalue weighted by atomic mass is 10.3. The fourth-order valence-electron chi connectivity index (χ4n) is 2.30. The van der Waals surface area contributed by atoms with E-state index in [9.17, 15) is 4.39 Å². The SMILES string of the molecule is Nc1ccccc1OCCOCCOCCOCCOCCOCCOCCOCCF. The van der Waals surface area contributed by atoms with E-state index in [-0.39, 0.29) is 6.61 Å². The number of para-hydroxylation sites is 2. The highest BCUT2D eigenvalue weighted by Crippen LogP contribution is 2.19. The highest BCUT2D eigenvalue weighted by molar-refractivity contribution is 5.51. The Balaban J connectivity index is 1.68. The summed E-state index contributed by atoms with van der Waals surface area (Å²) in [6.45, 7) is 6.34. The average Bonchev–Trinajstić information content (AvgIpc) is 2.80. The van der Waals surface area contributed by atoms with Gasteiger partial charge in [0.25, 0.3) is 0 Å². The van der Waals surface area contributed by atoms with Crippen LogP contribution in [0.5, 0.6) is 5.75 Å². The van der Waals surface area contributed by atoms with Crippen LogP contribution in [-0.4, -0.2) is 106 Å². The first-order chi connectivity index (χ1) is 15.8. The van der Waals surface area contributed by atoms with Gasteiger partial charge in [0, 0.05) is 0 Å². The summed E-state index contributed by atoms with van der Waals surface area (Å²) in [6.07, 6.45) is 0. The summed E-state index contributed by atoms with van der Waals surface area (Å²) in [5, 5.41) is 0. The molecule has 1 aromatic carbocycles. The Morgan fingerprint density at radius 3 is 1.22 bits per heavy atom. The third kappa shape index (κ3) is 18.1. The number of halogens is 1. The van der Waals surface area contributed by atoms with Crippen LogP contribution >= 0.6 is 0 Å². The minimum absolute atomic E-state index is 0.117. The Bertz CT molecular complexity index is 526. The van der Waals surface area contributed by atoms with Crippen molar-refractivity contribution in [3.63, 3.8) is 0 Å². The first kappa shape index (κ1) is 28.5. The zero-order valence-corrected chi connectivity index (χ0v) is 18.8. The van der Waals surface area contributed by atoms with Crippen molar-refractivity contribution in [2.75, 3.05) is 112 Å². The molecular weight excluding hydrogens is 425 g/mol. The Morgan fingerprint density at radius 2 is 0.844 bits per heavy atom. The van der Waals surface area contributed by atoms with Crippen LogP contribution in [0.15, 0.2) is 24.3 Å². The van der Waals surface area contributed by atoms with E-state index in [1.54, 1.807) is 6.07 Å². The molecule has 0 atom stereocenters. The molecule has 0 aliphatic heterocycles. The van der Waals surface area contributed by atoms with Crippen LogP contribution < -0.4 is 10.5 Å². The van der Waals surface area contributed by atoms with E-state index < -0.39 is 6.67 Å². The Labute approximate surface area is 190 Å². The van der Waals surface area contributed by atoms with Crippen LogP contribution in [0.3, 0.4) is 0 Å². The van der Waals surface area contributed by atoms with Gasteiger partial charge in [0.15, 0.2) is 0 Å². The zero-order valence-electron chi connectivity index (χ0n) is 18.8. The molecule has 1 aromatic rings. The first-order valence-electron chi connectivity index (χ1n) is 10.9. The van der Waals surface area contributed by atoms with Crippen molar-refractivity contribution >= 4 is 5.69 Å². The van der Waals surface area contributed by atoms with Crippen molar-refractivity contribution in [1.82, 2.24) is 0 Å². The maximum atomic E-state index is 11.8. The highest BCUT2D eigenvalue weighted by Gasteiger charge is 1.98. The third-order valence-electron chi connectivity index (χ3n) is 3.86. The number of rotatable bonds is 24. The second-order valence-corrected chi connectivity index (χ2v) is 6.36. The summed E-state index contributed by atoms with van der Waals surface area (Å²) in [4.78, 5) is 0. The third-order valence-corrected chi connectivity index (χ3v) is 3.86. The van der Waals surface area contributed by atoms with E-state index >= 15 is 0 Å². The fourth-order valence-corrected chi connectivity index (χ4v) is 2.30. The standard InChI is InChI=1S/C22H38FNO8/c23-5-6-25-7-8-26-9-10-27-11-12-28-13-14-29-15-16-30-17-18-31-19-20-32-22-4-2-1-3-21(22)24/h1-4H,5-20,24H2. The first-order valence-corrected chi connectivity index (χ1v) is 10.9. The predicted molar refractivity (Wildman–Crippen MR) is 118 cm³/mol. The minimum atomic E-state index is -0.471. The van der Waals surface area contributed by atoms with Gasteiger partial charge in [0.2, 0.25) is 0 Å². The number of alkyl halides is 1. The molecule has 0 aliphatic rings. The van der Waals surface area contributed by atoms with Crippen LogP contribution in [0, 0.1) is 0 Å². The van der Waals surface area contributed by atoms with Gasteiger partial charge in [-0.1, -0.05) is 12.1 Å². The molecule has 0 aromatic heterocycles. The summed E-state index contributed by atoms with van der Waals surface area (Å²) in [5.74, 6) is 0.667. The number of anilines is 1. The van der Waals surface area contributed by atoms with E-state index in [1.165, 1.54) is 0 Å². The summed E-state index contributed by atoms with van der Waals surface area (Å²) >= 11 is 0. The fraction of sp³-hybridized carbons (Fsp3) is 0.727. The molecule has 0 spiro atoms. The molecule has 10 heteroatoms. The summed E-state index contributed by atoms with van der Waals surface area (Å²) in [5.41, 5.74) is 6.41. The number of benzene rings is 1. The number of hydrogen-bond donors (Lipinski definition) is 1. The number of nitrogens with two attached hydrogens (primary N) is 1. The molecule has 0 radical (unpaired) electrons. The molecule has 0 fully saturated rings. The molecule has 0 bridgehead atoms. The molecule has 0 unspecified atom stereocenters. The van der Waals surface area contributed by atoms with E-state index in [0.717, 1.165) is 0 Å². The molecule has 1 rings (SSSR count). The van der Waals surface area contributed by atoms with Crippen molar-refractivity contribution in [1.29, 1.82) is 0 Å². The summed E-state index contributed by atoms with van der Waals surface area (Å²) in [7, 11) is 0. The molecule has 0 aliphatic carbocycles. The quantitative estimate of drug-likeness (QED) is 0.181. The molecule has 0 saturated heterocycles. The van der Waals surface area contributed by atoms with Crippen molar-refractivity contribution in [3.8, 4) is 5.75 Å². The molecule has 9 nitrogen and oxygen atoms in total. The minimum Gasteiger partial charge on any atom is -0.489 e. The van der Waals surface area contributed by atoms with E-state index in [2.05, 4.69) is 0 Å². The van der Waals surface area contributed by atoms with Crippen LogP contribution in [0.4, 0.5) is 10.1 Å². The molecule has 2 N–H and O–H groups in total. The number of hydrogen-bond acceptors (Lipinski definition) is 9. The lowest BCUT2D eigenvalue weighted by molar-refractivity contribution is -0.0214. The Hall–Kier alpha value is -1.53. The Kier molecular flexibility index (Phi) is 20.2. The van der Waals surface area contributed by atoms with Gasteiger partial charge >= 0.3 is 0 Å². The van der Waals surface area contributed by atoms with E-state index in [0.29, 0.717) is 104 Å².